The second-order valence-corrected chi connectivity index (χ2v) is 3.88. The van der Waals surface area contributed by atoms with Crippen molar-refractivity contribution in [2.24, 2.45) is 12.9 Å². The monoisotopic (exact) mass is 264 g/mol. The molecule has 2 rings (SSSR count). The molecular weight excluding hydrogens is 248 g/mol. The number of hydrogen-bond acceptors (Lipinski definition) is 8. The van der Waals surface area contributed by atoms with E-state index in [4.69, 9.17) is 10.6 Å². The number of hydrogen-bond donors (Lipinski definition) is 3. The van der Waals surface area contributed by atoms with E-state index in [-0.39, 0.29) is 12.0 Å². The Morgan fingerprint density at radius 2 is 2.05 bits per heavy atom. The molecule has 0 radical (unpaired) electrons. The average molecular weight is 264 g/mol. The Kier molecular flexibility index (Phi) is 3.76. The van der Waals surface area contributed by atoms with Gasteiger partial charge >= 0.3 is 6.01 Å². The van der Waals surface area contributed by atoms with Gasteiger partial charge in [0.25, 0.3) is 0 Å². The molecule has 2 aromatic heterocycles. The Morgan fingerprint density at radius 1 is 1.32 bits per heavy atom. The number of rotatable bonds is 5. The lowest BCUT2D eigenvalue weighted by Gasteiger charge is -2.07. The van der Waals surface area contributed by atoms with E-state index in [1.807, 2.05) is 20.2 Å². The minimum atomic E-state index is 0.188. The number of ether oxygens (including phenoxy) is 1. The molecule has 0 aliphatic heterocycles. The maximum Gasteiger partial charge on any atom is 0.322 e. The summed E-state index contributed by atoms with van der Waals surface area (Å²) in [5, 5.41) is 7.33. The SMILES string of the molecule is COc1nc(NN)nc(NCc2cn(C)nc2C)n1. The standard InChI is InChI=1S/C10H16N8O/c1-6-7(5-18(2)17-6)4-12-8-13-9(16-11)15-10(14-8)19-3/h5H,4,11H2,1-3H3,(H2,12,13,14,15,16). The molecule has 2 heterocycles. The molecule has 0 atom stereocenters. The van der Waals surface area contributed by atoms with Crippen LogP contribution in [0, 0.1) is 6.92 Å². The third-order valence-electron chi connectivity index (χ3n) is 2.48. The summed E-state index contributed by atoms with van der Waals surface area (Å²) in [5.74, 6) is 5.89. The van der Waals surface area contributed by atoms with Crippen molar-refractivity contribution in [1.82, 2.24) is 24.7 Å². The highest BCUT2D eigenvalue weighted by molar-refractivity contribution is 5.36. The summed E-state index contributed by atoms with van der Waals surface area (Å²) < 4.78 is 6.72. The van der Waals surface area contributed by atoms with Crippen molar-refractivity contribution in [3.63, 3.8) is 0 Å². The maximum atomic E-state index is 5.28. The van der Waals surface area contributed by atoms with Gasteiger partial charge in [-0.15, -0.1) is 0 Å². The molecule has 0 unspecified atom stereocenters. The molecular formula is C10H16N8O. The summed E-state index contributed by atoms with van der Waals surface area (Å²) in [5.41, 5.74) is 4.37. The molecule has 0 aliphatic carbocycles. The van der Waals surface area contributed by atoms with E-state index >= 15 is 0 Å². The molecule has 0 fully saturated rings. The molecule has 0 saturated carbocycles. The maximum absolute atomic E-state index is 5.28. The predicted molar refractivity (Wildman–Crippen MR) is 69.5 cm³/mol. The summed E-state index contributed by atoms with van der Waals surface area (Å²) in [6, 6.07) is 0.188. The molecule has 0 saturated heterocycles. The lowest BCUT2D eigenvalue weighted by atomic mass is 10.3. The predicted octanol–water partition coefficient (Wildman–Crippen LogP) is -0.180. The molecule has 4 N–H and O–H groups in total. The van der Waals surface area contributed by atoms with Gasteiger partial charge in [0, 0.05) is 25.4 Å². The van der Waals surface area contributed by atoms with Crippen molar-refractivity contribution < 1.29 is 4.74 Å². The van der Waals surface area contributed by atoms with E-state index in [0.717, 1.165) is 11.3 Å². The molecule has 102 valence electrons. The zero-order valence-electron chi connectivity index (χ0n) is 11.0. The average Bonchev–Trinajstić information content (AvgIpc) is 2.74. The van der Waals surface area contributed by atoms with Crippen molar-refractivity contribution in [3.05, 3.63) is 17.5 Å². The highest BCUT2D eigenvalue weighted by Crippen LogP contribution is 2.12. The number of nitrogens with two attached hydrogens (primary N) is 1. The van der Waals surface area contributed by atoms with Crippen LogP contribution in [0.2, 0.25) is 0 Å². The Balaban J connectivity index is 2.12. The zero-order chi connectivity index (χ0) is 13.8. The second-order valence-electron chi connectivity index (χ2n) is 3.88. The Labute approximate surface area is 110 Å². The van der Waals surface area contributed by atoms with Crippen LogP contribution in [-0.2, 0) is 13.6 Å². The number of nitrogen functional groups attached to an aromatic ring is 1. The Hall–Kier alpha value is -2.42. The van der Waals surface area contributed by atoms with E-state index in [9.17, 15) is 0 Å². The van der Waals surface area contributed by atoms with Gasteiger partial charge in [-0.1, -0.05) is 0 Å². The van der Waals surface area contributed by atoms with Crippen LogP contribution >= 0.6 is 0 Å². The first-order valence-electron chi connectivity index (χ1n) is 5.62. The molecule has 9 heteroatoms. The van der Waals surface area contributed by atoms with Crippen molar-refractivity contribution in [2.45, 2.75) is 13.5 Å². The van der Waals surface area contributed by atoms with Crippen LogP contribution in [0.15, 0.2) is 6.20 Å². The van der Waals surface area contributed by atoms with Crippen LogP contribution in [-0.4, -0.2) is 31.8 Å². The Morgan fingerprint density at radius 3 is 2.63 bits per heavy atom. The number of nitrogens with one attached hydrogen (secondary N) is 2. The first-order valence-corrected chi connectivity index (χ1v) is 5.62. The van der Waals surface area contributed by atoms with Crippen molar-refractivity contribution in [2.75, 3.05) is 17.9 Å². The van der Waals surface area contributed by atoms with Gasteiger partial charge in [0.1, 0.15) is 0 Å². The van der Waals surface area contributed by atoms with E-state index in [0.29, 0.717) is 12.5 Å². The normalized spacial score (nSPS) is 10.3. The molecule has 9 nitrogen and oxygen atoms in total. The number of hydrazine groups is 1. The molecule has 0 aromatic carbocycles. The number of aryl methyl sites for hydroxylation is 2. The minimum absolute atomic E-state index is 0.188. The molecule has 0 bridgehead atoms. The third-order valence-corrected chi connectivity index (χ3v) is 2.48. The fraction of sp³-hybridized carbons (Fsp3) is 0.400. The van der Waals surface area contributed by atoms with Gasteiger partial charge in [-0.25, -0.2) is 5.84 Å². The fourth-order valence-electron chi connectivity index (χ4n) is 1.59. The van der Waals surface area contributed by atoms with Crippen LogP contribution in [0.5, 0.6) is 6.01 Å². The second kappa shape index (κ2) is 5.48. The summed E-state index contributed by atoms with van der Waals surface area (Å²) in [4.78, 5) is 12.1. The summed E-state index contributed by atoms with van der Waals surface area (Å²) in [7, 11) is 3.35. The van der Waals surface area contributed by atoms with Gasteiger partial charge in [0.15, 0.2) is 0 Å². The van der Waals surface area contributed by atoms with Gasteiger partial charge in [-0.2, -0.15) is 20.1 Å². The summed E-state index contributed by atoms with van der Waals surface area (Å²) in [6.45, 7) is 2.49. The molecule has 2 aromatic rings. The third kappa shape index (κ3) is 3.07. The van der Waals surface area contributed by atoms with Crippen molar-refractivity contribution >= 4 is 11.9 Å². The first-order chi connectivity index (χ1) is 9.12. The van der Waals surface area contributed by atoms with Crippen LogP contribution in [0.3, 0.4) is 0 Å². The fourth-order valence-corrected chi connectivity index (χ4v) is 1.59. The number of anilines is 2. The van der Waals surface area contributed by atoms with Gasteiger partial charge < -0.3 is 10.1 Å². The van der Waals surface area contributed by atoms with Gasteiger partial charge in [0.05, 0.1) is 12.8 Å². The topological polar surface area (TPSA) is 116 Å². The Bertz CT molecular complexity index is 544. The quantitative estimate of drug-likeness (QED) is 0.503. The van der Waals surface area contributed by atoms with E-state index in [1.54, 1.807) is 4.68 Å². The van der Waals surface area contributed by atoms with Gasteiger partial charge in [-0.3, -0.25) is 10.1 Å². The number of methoxy groups -OCH3 is 1. The van der Waals surface area contributed by atoms with Crippen LogP contribution in [0.4, 0.5) is 11.9 Å². The largest absolute Gasteiger partial charge is 0.467 e. The lowest BCUT2D eigenvalue weighted by molar-refractivity contribution is 0.379. The number of nitrogens with zero attached hydrogens (tertiary/aromatic N) is 5. The zero-order valence-corrected chi connectivity index (χ0v) is 11.0. The van der Waals surface area contributed by atoms with E-state index in [2.05, 4.69) is 30.8 Å². The van der Waals surface area contributed by atoms with E-state index < -0.39 is 0 Å². The number of aromatic nitrogens is 5. The molecule has 0 amide bonds. The van der Waals surface area contributed by atoms with Crippen molar-refractivity contribution in [1.29, 1.82) is 0 Å². The minimum Gasteiger partial charge on any atom is -0.467 e. The van der Waals surface area contributed by atoms with Gasteiger partial charge in [0.2, 0.25) is 11.9 Å². The smallest absolute Gasteiger partial charge is 0.322 e. The summed E-state index contributed by atoms with van der Waals surface area (Å²) >= 11 is 0. The molecule has 0 aliphatic rings. The van der Waals surface area contributed by atoms with Crippen LogP contribution in [0.25, 0.3) is 0 Å². The van der Waals surface area contributed by atoms with Crippen molar-refractivity contribution in [3.8, 4) is 6.01 Å². The van der Waals surface area contributed by atoms with Gasteiger partial charge in [-0.05, 0) is 6.92 Å². The lowest BCUT2D eigenvalue weighted by Crippen LogP contribution is -2.14. The summed E-state index contributed by atoms with van der Waals surface area (Å²) in [6.07, 6.45) is 1.93. The van der Waals surface area contributed by atoms with E-state index in [1.165, 1.54) is 7.11 Å². The molecule has 0 spiro atoms. The highest BCUT2D eigenvalue weighted by Gasteiger charge is 2.07. The first kappa shape index (κ1) is 13.0. The highest BCUT2D eigenvalue weighted by atomic mass is 16.5. The molecule has 19 heavy (non-hydrogen) atoms. The van der Waals surface area contributed by atoms with Crippen LogP contribution < -0.4 is 21.3 Å². The van der Waals surface area contributed by atoms with Crippen LogP contribution in [0.1, 0.15) is 11.3 Å².